The maximum Gasteiger partial charge on any atom is 0.407 e. The van der Waals surface area contributed by atoms with E-state index in [0.29, 0.717) is 18.1 Å². The lowest BCUT2D eigenvalue weighted by molar-refractivity contribution is 0.163. The van der Waals surface area contributed by atoms with Crippen LogP contribution in [0, 0.1) is 0 Å². The van der Waals surface area contributed by atoms with Crippen molar-refractivity contribution in [3.63, 3.8) is 0 Å². The lowest BCUT2D eigenvalue weighted by Crippen LogP contribution is -2.29. The minimum Gasteiger partial charge on any atom is -0.496 e. The molecule has 0 saturated carbocycles. The van der Waals surface area contributed by atoms with Crippen molar-refractivity contribution < 1.29 is 19.0 Å². The molecule has 1 aromatic carbocycles. The van der Waals surface area contributed by atoms with Crippen LogP contribution in [-0.4, -0.2) is 26.9 Å². The van der Waals surface area contributed by atoms with E-state index in [9.17, 15) is 4.79 Å². The highest BCUT2D eigenvalue weighted by atomic mass is 79.9. The number of alkyl carbamates (subject to hydrolysis) is 1. The quantitative estimate of drug-likeness (QED) is 0.910. The molecule has 6 heteroatoms. The summed E-state index contributed by atoms with van der Waals surface area (Å²) in [6.07, 6.45) is -0.489. The van der Waals surface area contributed by atoms with E-state index in [4.69, 9.17) is 9.47 Å². The SMILES string of the molecule is COC(=O)NC1COc2cc(Br)cc(OC)c21. The molecule has 1 unspecified atom stereocenters. The van der Waals surface area contributed by atoms with Crippen LogP contribution in [-0.2, 0) is 4.74 Å². The van der Waals surface area contributed by atoms with Crippen molar-refractivity contribution in [2.24, 2.45) is 0 Å². The molecule has 0 spiro atoms. The lowest BCUT2D eigenvalue weighted by Gasteiger charge is -2.13. The zero-order valence-corrected chi connectivity index (χ0v) is 11.0. The predicted molar refractivity (Wildman–Crippen MR) is 64.5 cm³/mol. The molecule has 1 N–H and O–H groups in total. The zero-order chi connectivity index (χ0) is 12.4. The summed E-state index contributed by atoms with van der Waals surface area (Å²) in [5.41, 5.74) is 0.834. The third-order valence-electron chi connectivity index (χ3n) is 2.52. The Morgan fingerprint density at radius 1 is 1.53 bits per heavy atom. The number of methoxy groups -OCH3 is 2. The Labute approximate surface area is 107 Å². The zero-order valence-electron chi connectivity index (χ0n) is 9.45. The summed E-state index contributed by atoms with van der Waals surface area (Å²) >= 11 is 3.37. The summed E-state index contributed by atoms with van der Waals surface area (Å²) < 4.78 is 16.2. The average Bonchev–Trinajstić information content (AvgIpc) is 2.71. The van der Waals surface area contributed by atoms with E-state index in [1.54, 1.807) is 7.11 Å². The van der Waals surface area contributed by atoms with Gasteiger partial charge in [-0.25, -0.2) is 4.79 Å². The van der Waals surface area contributed by atoms with Gasteiger partial charge in [0, 0.05) is 4.47 Å². The number of amides is 1. The number of nitrogens with one attached hydrogen (secondary N) is 1. The number of fused-ring (bicyclic) bond motifs is 1. The molecular weight excluding hydrogens is 290 g/mol. The highest BCUT2D eigenvalue weighted by Crippen LogP contribution is 2.41. The van der Waals surface area contributed by atoms with Gasteiger partial charge in [-0.05, 0) is 12.1 Å². The van der Waals surface area contributed by atoms with E-state index in [2.05, 4.69) is 26.0 Å². The van der Waals surface area contributed by atoms with Crippen molar-refractivity contribution in [2.45, 2.75) is 6.04 Å². The first-order chi connectivity index (χ1) is 8.15. The summed E-state index contributed by atoms with van der Waals surface area (Å²) in [5, 5.41) is 2.70. The third-order valence-corrected chi connectivity index (χ3v) is 2.98. The molecule has 1 heterocycles. The van der Waals surface area contributed by atoms with Gasteiger partial charge in [0.1, 0.15) is 18.1 Å². The van der Waals surface area contributed by atoms with Crippen LogP contribution in [0.15, 0.2) is 16.6 Å². The number of halogens is 1. The molecule has 0 fully saturated rings. The number of carbonyl (C=O) groups excluding carboxylic acids is 1. The second-order valence-electron chi connectivity index (χ2n) is 3.52. The highest BCUT2D eigenvalue weighted by Gasteiger charge is 2.30. The summed E-state index contributed by atoms with van der Waals surface area (Å²) in [6, 6.07) is 3.43. The van der Waals surface area contributed by atoms with Gasteiger partial charge < -0.3 is 19.5 Å². The van der Waals surface area contributed by atoms with Crippen molar-refractivity contribution in [2.75, 3.05) is 20.8 Å². The van der Waals surface area contributed by atoms with Gasteiger partial charge in [0.05, 0.1) is 25.8 Å². The van der Waals surface area contributed by atoms with Crippen LogP contribution < -0.4 is 14.8 Å². The van der Waals surface area contributed by atoms with Crippen molar-refractivity contribution >= 4 is 22.0 Å². The van der Waals surface area contributed by atoms with Crippen molar-refractivity contribution in [1.29, 1.82) is 0 Å². The first-order valence-electron chi connectivity index (χ1n) is 5.00. The van der Waals surface area contributed by atoms with Crippen LogP contribution in [0.3, 0.4) is 0 Å². The number of ether oxygens (including phenoxy) is 3. The van der Waals surface area contributed by atoms with Gasteiger partial charge in [0.2, 0.25) is 0 Å². The lowest BCUT2D eigenvalue weighted by atomic mass is 10.1. The molecule has 2 rings (SSSR count). The topological polar surface area (TPSA) is 56.8 Å². The molecule has 0 aliphatic carbocycles. The van der Waals surface area contributed by atoms with Gasteiger partial charge in [-0.3, -0.25) is 0 Å². The molecule has 1 aliphatic rings. The summed E-state index contributed by atoms with van der Waals surface area (Å²) in [7, 11) is 2.90. The molecule has 1 aromatic rings. The molecule has 0 aromatic heterocycles. The van der Waals surface area contributed by atoms with Crippen molar-refractivity contribution in [3.8, 4) is 11.5 Å². The molecule has 0 saturated heterocycles. The molecule has 1 atom stereocenters. The van der Waals surface area contributed by atoms with Gasteiger partial charge in [-0.1, -0.05) is 15.9 Å². The van der Waals surface area contributed by atoms with E-state index in [-0.39, 0.29) is 6.04 Å². The van der Waals surface area contributed by atoms with Crippen LogP contribution in [0.5, 0.6) is 11.5 Å². The molecule has 17 heavy (non-hydrogen) atoms. The Hall–Kier alpha value is -1.43. The largest absolute Gasteiger partial charge is 0.496 e. The molecule has 92 valence electrons. The normalized spacial score (nSPS) is 17.0. The first-order valence-corrected chi connectivity index (χ1v) is 5.79. The smallest absolute Gasteiger partial charge is 0.407 e. The molecule has 0 bridgehead atoms. The molecular formula is C11H12BrNO4. The van der Waals surface area contributed by atoms with Crippen LogP contribution in [0.4, 0.5) is 4.79 Å². The fourth-order valence-corrected chi connectivity index (χ4v) is 2.19. The number of carbonyl (C=O) groups is 1. The van der Waals surface area contributed by atoms with Crippen LogP contribution >= 0.6 is 15.9 Å². The highest BCUT2D eigenvalue weighted by molar-refractivity contribution is 9.10. The minimum absolute atomic E-state index is 0.250. The Bertz CT molecular complexity index is 449. The maximum atomic E-state index is 11.2. The van der Waals surface area contributed by atoms with E-state index in [0.717, 1.165) is 10.0 Å². The van der Waals surface area contributed by atoms with Gasteiger partial charge in [-0.15, -0.1) is 0 Å². The first kappa shape index (κ1) is 12.0. The third kappa shape index (κ3) is 2.31. The van der Waals surface area contributed by atoms with Gasteiger partial charge in [0.15, 0.2) is 0 Å². The number of hydrogen-bond donors (Lipinski definition) is 1. The fourth-order valence-electron chi connectivity index (χ4n) is 1.77. The Morgan fingerprint density at radius 2 is 2.29 bits per heavy atom. The van der Waals surface area contributed by atoms with Crippen molar-refractivity contribution in [3.05, 3.63) is 22.2 Å². The van der Waals surface area contributed by atoms with Gasteiger partial charge in [-0.2, -0.15) is 0 Å². The van der Waals surface area contributed by atoms with Crippen LogP contribution in [0.25, 0.3) is 0 Å². The minimum atomic E-state index is -0.489. The number of rotatable bonds is 2. The summed E-state index contributed by atoms with van der Waals surface area (Å²) in [6.45, 7) is 0.372. The number of hydrogen-bond acceptors (Lipinski definition) is 4. The van der Waals surface area contributed by atoms with E-state index >= 15 is 0 Å². The van der Waals surface area contributed by atoms with E-state index < -0.39 is 6.09 Å². The molecule has 1 aliphatic heterocycles. The van der Waals surface area contributed by atoms with Gasteiger partial charge >= 0.3 is 6.09 Å². The van der Waals surface area contributed by atoms with Gasteiger partial charge in [0.25, 0.3) is 0 Å². The Balaban J connectivity index is 2.32. The van der Waals surface area contributed by atoms with Crippen molar-refractivity contribution in [1.82, 2.24) is 5.32 Å². The fraction of sp³-hybridized carbons (Fsp3) is 0.364. The number of benzene rings is 1. The standard InChI is InChI=1S/C11H12BrNO4/c1-15-8-3-6(12)4-9-10(8)7(5-17-9)13-11(14)16-2/h3-4,7H,5H2,1-2H3,(H,13,14). The van der Waals surface area contributed by atoms with E-state index in [1.165, 1.54) is 7.11 Å². The monoisotopic (exact) mass is 301 g/mol. The second-order valence-corrected chi connectivity index (χ2v) is 4.44. The second kappa shape index (κ2) is 4.83. The predicted octanol–water partition coefficient (Wildman–Crippen LogP) is 2.25. The Morgan fingerprint density at radius 3 is 2.94 bits per heavy atom. The maximum absolute atomic E-state index is 11.2. The summed E-state index contributed by atoms with van der Waals surface area (Å²) in [4.78, 5) is 11.2. The van der Waals surface area contributed by atoms with E-state index in [1.807, 2.05) is 12.1 Å². The molecule has 5 nitrogen and oxygen atoms in total. The summed E-state index contributed by atoms with van der Waals surface area (Å²) in [5.74, 6) is 1.38. The molecule has 0 radical (unpaired) electrons. The Kier molecular flexibility index (Phi) is 3.42. The van der Waals surface area contributed by atoms with Crippen LogP contribution in [0.1, 0.15) is 11.6 Å². The average molecular weight is 302 g/mol. The molecule has 1 amide bonds. The van der Waals surface area contributed by atoms with Crippen LogP contribution in [0.2, 0.25) is 0 Å².